The number of aliphatic hydroxyl groups is 1. The molecule has 72 valence electrons. The zero-order chi connectivity index (χ0) is 10.2. The molecule has 0 saturated carbocycles. The fraction of sp³-hybridized carbons (Fsp3) is 0.375. The molecule has 1 N–H and O–H groups in total. The van der Waals surface area contributed by atoms with Crippen LogP contribution >= 0.6 is 23.2 Å². The van der Waals surface area contributed by atoms with Gasteiger partial charge in [-0.15, -0.1) is 0 Å². The molecule has 0 amide bonds. The summed E-state index contributed by atoms with van der Waals surface area (Å²) in [6.45, 7) is 2.89. The summed E-state index contributed by atoms with van der Waals surface area (Å²) in [5, 5.41) is 9.26. The third-order valence-corrected chi connectivity index (χ3v) is 1.99. The fourth-order valence-corrected chi connectivity index (χ4v) is 1.34. The van der Waals surface area contributed by atoms with Gasteiger partial charge in [-0.2, -0.15) is 0 Å². The molecular weight excluding hydrogens is 216 g/mol. The Morgan fingerprint density at radius 1 is 1.46 bits per heavy atom. The van der Waals surface area contributed by atoms with Gasteiger partial charge in [0.2, 0.25) is 0 Å². The first-order chi connectivity index (χ1) is 5.82. The number of hydrogen-bond acceptors (Lipinski definition) is 2. The summed E-state index contributed by atoms with van der Waals surface area (Å²) in [6, 6.07) is 1.25. The summed E-state index contributed by atoms with van der Waals surface area (Å²) >= 11 is 11.0. The van der Waals surface area contributed by atoms with Crippen molar-refractivity contribution in [2.24, 2.45) is 0 Å². The van der Waals surface area contributed by atoms with Crippen molar-refractivity contribution in [2.75, 3.05) is 0 Å². The van der Waals surface area contributed by atoms with E-state index in [-0.39, 0.29) is 15.9 Å². The van der Waals surface area contributed by atoms with Crippen LogP contribution in [0.3, 0.4) is 0 Å². The van der Waals surface area contributed by atoms with Gasteiger partial charge >= 0.3 is 0 Å². The molecule has 0 unspecified atom stereocenters. The Morgan fingerprint density at radius 2 is 2.00 bits per heavy atom. The number of aromatic nitrogens is 1. The summed E-state index contributed by atoms with van der Waals surface area (Å²) in [4.78, 5) is 3.49. The third kappa shape index (κ3) is 2.30. The van der Waals surface area contributed by atoms with Crippen LogP contribution in [0.1, 0.15) is 19.4 Å². The van der Waals surface area contributed by atoms with Crippen molar-refractivity contribution in [1.82, 2.24) is 4.98 Å². The molecule has 0 aliphatic carbocycles. The Morgan fingerprint density at radius 3 is 2.46 bits per heavy atom. The Balaban J connectivity index is 3.37. The molecule has 0 bridgehead atoms. The van der Waals surface area contributed by atoms with E-state index in [0.717, 1.165) is 0 Å². The number of pyridine rings is 1. The topological polar surface area (TPSA) is 33.1 Å². The Hall–Kier alpha value is -0.380. The Kier molecular flexibility index (Phi) is 2.80. The lowest BCUT2D eigenvalue weighted by molar-refractivity contribution is 0.0744. The van der Waals surface area contributed by atoms with Gasteiger partial charge in [-0.3, -0.25) is 0 Å². The van der Waals surface area contributed by atoms with Crippen molar-refractivity contribution < 1.29 is 9.50 Å². The van der Waals surface area contributed by atoms with Crippen molar-refractivity contribution in [1.29, 1.82) is 0 Å². The molecule has 0 aromatic carbocycles. The molecule has 0 aliphatic rings. The molecule has 0 aliphatic heterocycles. The fourth-order valence-electron chi connectivity index (χ4n) is 0.914. The normalized spacial score (nSPS) is 11.8. The van der Waals surface area contributed by atoms with Gasteiger partial charge in [-0.05, 0) is 19.9 Å². The third-order valence-electron chi connectivity index (χ3n) is 1.55. The van der Waals surface area contributed by atoms with Gasteiger partial charge in [-0.25, -0.2) is 9.37 Å². The average Bonchev–Trinajstić information content (AvgIpc) is 1.94. The van der Waals surface area contributed by atoms with Crippen LogP contribution in [-0.4, -0.2) is 10.1 Å². The maximum absolute atomic E-state index is 13.3. The molecule has 0 saturated heterocycles. The smallest absolute Gasteiger partial charge is 0.166 e. The van der Waals surface area contributed by atoms with Gasteiger partial charge in [0.1, 0.15) is 5.15 Å². The lowest BCUT2D eigenvalue weighted by Gasteiger charge is -2.18. The Bertz CT molecular complexity index is 336. The first kappa shape index (κ1) is 10.7. The number of rotatable bonds is 1. The summed E-state index contributed by atoms with van der Waals surface area (Å²) in [5.41, 5.74) is -1.28. The molecule has 2 nitrogen and oxygen atoms in total. The molecule has 1 aromatic heterocycles. The van der Waals surface area contributed by atoms with Crippen LogP contribution < -0.4 is 0 Å². The highest BCUT2D eigenvalue weighted by Gasteiger charge is 2.23. The van der Waals surface area contributed by atoms with Crippen molar-refractivity contribution in [2.45, 2.75) is 19.4 Å². The highest BCUT2D eigenvalue weighted by atomic mass is 35.5. The summed E-state index contributed by atoms with van der Waals surface area (Å²) in [5.74, 6) is -0.737. The van der Waals surface area contributed by atoms with Gasteiger partial charge in [0.05, 0.1) is 5.60 Å². The number of halogens is 3. The van der Waals surface area contributed by atoms with Crippen LogP contribution in [0, 0.1) is 5.82 Å². The van der Waals surface area contributed by atoms with Crippen molar-refractivity contribution in [3.63, 3.8) is 0 Å². The monoisotopic (exact) mass is 223 g/mol. The highest BCUT2D eigenvalue weighted by Crippen LogP contribution is 2.28. The van der Waals surface area contributed by atoms with Gasteiger partial charge in [0, 0.05) is 5.56 Å². The van der Waals surface area contributed by atoms with E-state index in [4.69, 9.17) is 23.2 Å². The van der Waals surface area contributed by atoms with Crippen LogP contribution in [0.4, 0.5) is 4.39 Å². The largest absolute Gasteiger partial charge is 0.386 e. The standard InChI is InChI=1S/C8H8Cl2FNO/c1-8(2,13)4-3-5(9)12-7(10)6(4)11/h3,13H,1-2H3. The predicted octanol–water partition coefficient (Wildman–Crippen LogP) is 2.75. The van der Waals surface area contributed by atoms with Crippen LogP contribution in [-0.2, 0) is 5.60 Å². The minimum absolute atomic E-state index is 0.0394. The molecule has 1 rings (SSSR count). The van der Waals surface area contributed by atoms with E-state index in [0.29, 0.717) is 0 Å². The molecule has 5 heteroatoms. The van der Waals surface area contributed by atoms with Gasteiger partial charge < -0.3 is 5.11 Å². The van der Waals surface area contributed by atoms with Gasteiger partial charge in [0.15, 0.2) is 11.0 Å². The number of nitrogens with zero attached hydrogens (tertiary/aromatic N) is 1. The zero-order valence-corrected chi connectivity index (χ0v) is 8.62. The predicted molar refractivity (Wildman–Crippen MR) is 49.5 cm³/mol. The summed E-state index contributed by atoms with van der Waals surface area (Å²) < 4.78 is 13.3. The first-order valence-electron chi connectivity index (χ1n) is 3.57. The minimum atomic E-state index is -1.32. The van der Waals surface area contributed by atoms with Crippen LogP contribution in [0.15, 0.2) is 6.07 Å². The van der Waals surface area contributed by atoms with Crippen molar-refractivity contribution >= 4 is 23.2 Å². The van der Waals surface area contributed by atoms with E-state index < -0.39 is 11.4 Å². The Labute approximate surface area is 85.3 Å². The molecule has 1 aromatic rings. The lowest BCUT2D eigenvalue weighted by atomic mass is 9.99. The lowest BCUT2D eigenvalue weighted by Crippen LogP contribution is -2.18. The van der Waals surface area contributed by atoms with E-state index in [1.54, 1.807) is 0 Å². The molecular formula is C8H8Cl2FNO. The zero-order valence-electron chi connectivity index (χ0n) is 7.11. The average molecular weight is 224 g/mol. The summed E-state index contributed by atoms with van der Waals surface area (Å²) in [6.07, 6.45) is 0. The van der Waals surface area contributed by atoms with Crippen molar-refractivity contribution in [3.05, 3.63) is 27.8 Å². The molecule has 1 heterocycles. The quantitative estimate of drug-likeness (QED) is 0.744. The second-order valence-electron chi connectivity index (χ2n) is 3.16. The van der Waals surface area contributed by atoms with E-state index in [1.165, 1.54) is 19.9 Å². The first-order valence-corrected chi connectivity index (χ1v) is 4.32. The molecule has 13 heavy (non-hydrogen) atoms. The van der Waals surface area contributed by atoms with Gasteiger partial charge in [-0.1, -0.05) is 23.2 Å². The highest BCUT2D eigenvalue weighted by molar-refractivity contribution is 6.32. The van der Waals surface area contributed by atoms with Crippen molar-refractivity contribution in [3.8, 4) is 0 Å². The van der Waals surface area contributed by atoms with Gasteiger partial charge in [0.25, 0.3) is 0 Å². The van der Waals surface area contributed by atoms with Crippen LogP contribution in [0.5, 0.6) is 0 Å². The summed E-state index contributed by atoms with van der Waals surface area (Å²) in [7, 11) is 0. The van der Waals surface area contributed by atoms with Crippen LogP contribution in [0.25, 0.3) is 0 Å². The molecule has 0 spiro atoms. The SMILES string of the molecule is CC(C)(O)c1cc(Cl)nc(Cl)c1F. The molecule has 0 atom stereocenters. The van der Waals surface area contributed by atoms with E-state index in [9.17, 15) is 9.50 Å². The minimum Gasteiger partial charge on any atom is -0.386 e. The van der Waals surface area contributed by atoms with E-state index in [2.05, 4.69) is 4.98 Å². The maximum Gasteiger partial charge on any atom is 0.166 e. The van der Waals surface area contributed by atoms with E-state index >= 15 is 0 Å². The molecule has 0 fully saturated rings. The second kappa shape index (κ2) is 3.40. The number of hydrogen-bond donors (Lipinski definition) is 1. The second-order valence-corrected chi connectivity index (χ2v) is 3.90. The van der Waals surface area contributed by atoms with Crippen LogP contribution in [0.2, 0.25) is 10.3 Å². The maximum atomic E-state index is 13.3. The molecule has 0 radical (unpaired) electrons. The van der Waals surface area contributed by atoms with E-state index in [1.807, 2.05) is 0 Å².